The Morgan fingerprint density at radius 1 is 1.77 bits per heavy atom. The van der Waals surface area contributed by atoms with Crippen LogP contribution < -0.4 is 5.73 Å². The van der Waals surface area contributed by atoms with Gasteiger partial charge >= 0.3 is 0 Å². The highest BCUT2D eigenvalue weighted by Gasteiger charge is 2.34. The summed E-state index contributed by atoms with van der Waals surface area (Å²) in [6.07, 6.45) is 1.41. The molecule has 74 valence electrons. The lowest BCUT2D eigenvalue weighted by molar-refractivity contribution is 0.147. The summed E-state index contributed by atoms with van der Waals surface area (Å²) >= 11 is 5.68. The van der Waals surface area contributed by atoms with Crippen molar-refractivity contribution in [1.29, 1.82) is 0 Å². The van der Waals surface area contributed by atoms with Gasteiger partial charge in [-0.2, -0.15) is 0 Å². The third-order valence-corrected chi connectivity index (χ3v) is 2.64. The van der Waals surface area contributed by atoms with Crippen molar-refractivity contribution in [3.63, 3.8) is 0 Å². The molecule has 0 fully saturated rings. The van der Waals surface area contributed by atoms with Crippen LogP contribution in [0.15, 0.2) is 6.20 Å². The molecule has 2 unspecified atom stereocenters. The maximum atomic E-state index is 14.0. The molecule has 2 atom stereocenters. The van der Waals surface area contributed by atoms with Crippen molar-refractivity contribution in [2.24, 2.45) is 12.8 Å². The van der Waals surface area contributed by atoms with Gasteiger partial charge < -0.3 is 10.3 Å². The molecule has 1 rings (SSSR count). The SMILES string of the molecule is CC(N)C(C)(F)c1cnc(Cl)n1C. The van der Waals surface area contributed by atoms with Crippen molar-refractivity contribution in [1.82, 2.24) is 9.55 Å². The topological polar surface area (TPSA) is 43.8 Å². The minimum absolute atomic E-state index is 0.263. The predicted octanol–water partition coefficient (Wildman–Crippen LogP) is 1.61. The second-order valence-corrected chi connectivity index (χ2v) is 3.67. The molecule has 0 spiro atoms. The molecule has 0 aromatic carbocycles. The summed E-state index contributed by atoms with van der Waals surface area (Å²) in [4.78, 5) is 3.80. The maximum Gasteiger partial charge on any atom is 0.202 e. The first kappa shape index (κ1) is 10.5. The molecule has 0 radical (unpaired) electrons. The Bertz CT molecular complexity index is 306. The zero-order chi connectivity index (χ0) is 10.2. The van der Waals surface area contributed by atoms with Crippen molar-refractivity contribution < 1.29 is 4.39 Å². The smallest absolute Gasteiger partial charge is 0.202 e. The van der Waals surface area contributed by atoms with Crippen molar-refractivity contribution >= 4 is 11.6 Å². The molecular formula is C8H13ClFN3. The highest BCUT2D eigenvalue weighted by molar-refractivity contribution is 6.28. The molecule has 3 nitrogen and oxygen atoms in total. The number of imidazole rings is 1. The monoisotopic (exact) mass is 205 g/mol. The third-order valence-electron chi connectivity index (χ3n) is 2.29. The molecule has 1 aromatic heterocycles. The van der Waals surface area contributed by atoms with Crippen LogP contribution in [0.1, 0.15) is 19.5 Å². The molecule has 13 heavy (non-hydrogen) atoms. The van der Waals surface area contributed by atoms with Crippen LogP contribution in [0.3, 0.4) is 0 Å². The van der Waals surface area contributed by atoms with Crippen LogP contribution in [0.4, 0.5) is 4.39 Å². The molecule has 0 bridgehead atoms. The molecular weight excluding hydrogens is 193 g/mol. The van der Waals surface area contributed by atoms with Gasteiger partial charge in [-0.05, 0) is 25.4 Å². The number of halogens is 2. The van der Waals surface area contributed by atoms with Crippen molar-refractivity contribution in [2.75, 3.05) is 0 Å². The zero-order valence-corrected chi connectivity index (χ0v) is 8.64. The molecule has 0 aliphatic carbocycles. The van der Waals surface area contributed by atoms with Crippen LogP contribution in [0.25, 0.3) is 0 Å². The normalized spacial score (nSPS) is 18.3. The Balaban J connectivity index is 3.14. The van der Waals surface area contributed by atoms with E-state index in [1.165, 1.54) is 17.7 Å². The first-order chi connectivity index (χ1) is 5.87. The summed E-state index contributed by atoms with van der Waals surface area (Å²) in [6.45, 7) is 3.03. The zero-order valence-electron chi connectivity index (χ0n) is 7.88. The van der Waals surface area contributed by atoms with E-state index in [1.807, 2.05) is 0 Å². The Hall–Kier alpha value is -0.610. The quantitative estimate of drug-likeness (QED) is 0.797. The van der Waals surface area contributed by atoms with Gasteiger partial charge in [-0.1, -0.05) is 0 Å². The van der Waals surface area contributed by atoms with E-state index in [4.69, 9.17) is 17.3 Å². The fourth-order valence-corrected chi connectivity index (χ4v) is 1.21. The Morgan fingerprint density at radius 2 is 2.31 bits per heavy atom. The Kier molecular flexibility index (Phi) is 2.63. The van der Waals surface area contributed by atoms with Gasteiger partial charge in [-0.3, -0.25) is 0 Å². The first-order valence-electron chi connectivity index (χ1n) is 3.99. The summed E-state index contributed by atoms with van der Waals surface area (Å²) in [7, 11) is 1.66. The minimum Gasteiger partial charge on any atom is -0.325 e. The lowest BCUT2D eigenvalue weighted by Gasteiger charge is -2.24. The van der Waals surface area contributed by atoms with Gasteiger partial charge in [0.1, 0.15) is 0 Å². The number of nitrogens with two attached hydrogens (primary N) is 1. The van der Waals surface area contributed by atoms with Crippen molar-refractivity contribution in [2.45, 2.75) is 25.6 Å². The van der Waals surface area contributed by atoms with E-state index in [9.17, 15) is 4.39 Å². The minimum atomic E-state index is -1.60. The van der Waals surface area contributed by atoms with Gasteiger partial charge in [0.15, 0.2) is 5.67 Å². The lowest BCUT2D eigenvalue weighted by Crippen LogP contribution is -2.38. The average molecular weight is 206 g/mol. The molecule has 0 aliphatic heterocycles. The number of nitrogens with zero attached hydrogens (tertiary/aromatic N) is 2. The standard InChI is InChI=1S/C8H13ClFN3/c1-5(11)8(2,10)6-4-12-7(9)13(6)3/h4-5H,11H2,1-3H3. The summed E-state index contributed by atoms with van der Waals surface area (Å²) in [5.41, 5.74) is 4.31. The molecule has 0 saturated carbocycles. The van der Waals surface area contributed by atoms with Gasteiger partial charge in [0.2, 0.25) is 5.28 Å². The van der Waals surface area contributed by atoms with Gasteiger partial charge in [0, 0.05) is 13.1 Å². The van der Waals surface area contributed by atoms with Crippen LogP contribution in [0.5, 0.6) is 0 Å². The molecule has 5 heteroatoms. The second-order valence-electron chi connectivity index (χ2n) is 3.34. The number of aromatic nitrogens is 2. The first-order valence-corrected chi connectivity index (χ1v) is 4.37. The van der Waals surface area contributed by atoms with Gasteiger partial charge in [0.05, 0.1) is 11.9 Å². The van der Waals surface area contributed by atoms with E-state index < -0.39 is 11.7 Å². The Morgan fingerprint density at radius 3 is 2.62 bits per heavy atom. The summed E-state index contributed by atoms with van der Waals surface area (Å²) in [6, 6.07) is -0.598. The van der Waals surface area contributed by atoms with Crippen molar-refractivity contribution in [3.8, 4) is 0 Å². The van der Waals surface area contributed by atoms with Gasteiger partial charge in [0.25, 0.3) is 0 Å². The third kappa shape index (κ3) is 1.69. The number of alkyl halides is 1. The lowest BCUT2D eigenvalue weighted by atomic mass is 9.97. The fourth-order valence-electron chi connectivity index (χ4n) is 1.07. The summed E-state index contributed by atoms with van der Waals surface area (Å²) < 4.78 is 15.5. The number of hydrogen-bond acceptors (Lipinski definition) is 2. The highest BCUT2D eigenvalue weighted by atomic mass is 35.5. The van der Waals surface area contributed by atoms with E-state index in [0.717, 1.165) is 0 Å². The molecule has 0 amide bonds. The molecule has 0 saturated heterocycles. The number of hydrogen-bond donors (Lipinski definition) is 1. The van der Waals surface area contributed by atoms with E-state index in [1.54, 1.807) is 14.0 Å². The van der Waals surface area contributed by atoms with E-state index >= 15 is 0 Å². The average Bonchev–Trinajstić information content (AvgIpc) is 2.33. The molecule has 1 heterocycles. The van der Waals surface area contributed by atoms with E-state index in [2.05, 4.69) is 4.98 Å². The summed E-state index contributed by atoms with van der Waals surface area (Å²) in [5.74, 6) is 0. The van der Waals surface area contributed by atoms with E-state index in [-0.39, 0.29) is 5.28 Å². The second kappa shape index (κ2) is 3.27. The molecule has 2 N–H and O–H groups in total. The molecule has 1 aromatic rings. The van der Waals surface area contributed by atoms with Crippen molar-refractivity contribution in [3.05, 3.63) is 17.2 Å². The highest BCUT2D eigenvalue weighted by Crippen LogP contribution is 2.29. The van der Waals surface area contributed by atoms with Crippen LogP contribution in [0, 0.1) is 0 Å². The number of rotatable bonds is 2. The van der Waals surface area contributed by atoms with Crippen LogP contribution in [0.2, 0.25) is 5.28 Å². The fraction of sp³-hybridized carbons (Fsp3) is 0.625. The van der Waals surface area contributed by atoms with Gasteiger partial charge in [-0.25, -0.2) is 9.37 Å². The van der Waals surface area contributed by atoms with Crippen LogP contribution in [-0.2, 0) is 12.7 Å². The van der Waals surface area contributed by atoms with Crippen LogP contribution in [-0.4, -0.2) is 15.6 Å². The Labute approximate surface area is 81.7 Å². The van der Waals surface area contributed by atoms with Crippen LogP contribution >= 0.6 is 11.6 Å². The molecule has 0 aliphatic rings. The maximum absolute atomic E-state index is 14.0. The summed E-state index contributed by atoms with van der Waals surface area (Å²) in [5, 5.41) is 0.263. The van der Waals surface area contributed by atoms with E-state index in [0.29, 0.717) is 5.69 Å². The van der Waals surface area contributed by atoms with Gasteiger partial charge in [-0.15, -0.1) is 0 Å². The predicted molar refractivity (Wildman–Crippen MR) is 50.3 cm³/mol. The largest absolute Gasteiger partial charge is 0.325 e.